The molecule has 4 nitrogen and oxygen atoms in total. The molecule has 0 radical (unpaired) electrons. The Kier molecular flexibility index (Phi) is 2.96. The number of aromatic hydroxyl groups is 2. The predicted molar refractivity (Wildman–Crippen MR) is 50.5 cm³/mol. The molecule has 0 amide bonds. The maximum Gasteiger partial charge on any atom is 0.342 e. The lowest BCUT2D eigenvalue weighted by Gasteiger charge is -2.09. The van der Waals surface area contributed by atoms with Gasteiger partial charge < -0.3 is 14.9 Å². The van der Waals surface area contributed by atoms with Crippen molar-refractivity contribution in [2.45, 2.75) is 13.3 Å². The summed E-state index contributed by atoms with van der Waals surface area (Å²) in [4.78, 5) is 11.3. The van der Waals surface area contributed by atoms with Gasteiger partial charge in [-0.3, -0.25) is 0 Å². The van der Waals surface area contributed by atoms with Gasteiger partial charge in [0, 0.05) is 5.56 Å². The lowest BCUT2D eigenvalue weighted by Crippen LogP contribution is -2.05. The van der Waals surface area contributed by atoms with E-state index in [4.69, 9.17) is 0 Å². The van der Waals surface area contributed by atoms with E-state index >= 15 is 0 Å². The first-order valence-electron chi connectivity index (χ1n) is 4.24. The Balaban J connectivity index is 3.37. The average Bonchev–Trinajstić information content (AvgIpc) is 2.19. The first kappa shape index (κ1) is 10.4. The van der Waals surface area contributed by atoms with Gasteiger partial charge in [0.2, 0.25) is 0 Å². The predicted octanol–water partition coefficient (Wildman–Crippen LogP) is 1.45. The van der Waals surface area contributed by atoms with Crippen LogP contribution >= 0.6 is 0 Å². The number of phenolic OH excluding ortho intramolecular Hbond substituents is 2. The SMILES string of the molecule is CCc1c(O)ccc(O)c1C(=O)OC. The monoisotopic (exact) mass is 196 g/mol. The first-order valence-corrected chi connectivity index (χ1v) is 4.24. The molecule has 0 aliphatic rings. The summed E-state index contributed by atoms with van der Waals surface area (Å²) in [6.07, 6.45) is 0.449. The van der Waals surface area contributed by atoms with Gasteiger partial charge in [0.05, 0.1) is 7.11 Å². The number of hydrogen-bond donors (Lipinski definition) is 2. The van der Waals surface area contributed by atoms with Crippen LogP contribution in [0.3, 0.4) is 0 Å². The van der Waals surface area contributed by atoms with E-state index in [-0.39, 0.29) is 17.1 Å². The number of methoxy groups -OCH3 is 1. The Morgan fingerprint density at radius 2 is 1.93 bits per heavy atom. The van der Waals surface area contributed by atoms with Crippen molar-refractivity contribution in [1.29, 1.82) is 0 Å². The van der Waals surface area contributed by atoms with E-state index in [0.29, 0.717) is 12.0 Å². The number of carbonyl (C=O) groups excluding carboxylic acids is 1. The van der Waals surface area contributed by atoms with Gasteiger partial charge in [0.15, 0.2) is 0 Å². The summed E-state index contributed by atoms with van der Waals surface area (Å²) in [5.74, 6) is -0.826. The summed E-state index contributed by atoms with van der Waals surface area (Å²) in [5, 5.41) is 18.9. The molecule has 0 fully saturated rings. The Labute approximate surface area is 81.8 Å². The van der Waals surface area contributed by atoms with Gasteiger partial charge in [0.25, 0.3) is 0 Å². The number of benzene rings is 1. The molecule has 0 aliphatic carbocycles. The summed E-state index contributed by atoms with van der Waals surface area (Å²) in [6.45, 7) is 1.78. The van der Waals surface area contributed by atoms with Crippen LogP contribution in [0.25, 0.3) is 0 Å². The molecule has 76 valence electrons. The molecule has 0 aromatic heterocycles. The molecular weight excluding hydrogens is 184 g/mol. The second-order valence-electron chi connectivity index (χ2n) is 2.80. The van der Waals surface area contributed by atoms with Crippen molar-refractivity contribution < 1.29 is 19.7 Å². The van der Waals surface area contributed by atoms with E-state index in [1.807, 2.05) is 0 Å². The molecule has 1 rings (SSSR count). The van der Waals surface area contributed by atoms with Crippen molar-refractivity contribution in [3.05, 3.63) is 23.3 Å². The fourth-order valence-electron chi connectivity index (χ4n) is 1.31. The highest BCUT2D eigenvalue weighted by atomic mass is 16.5. The average molecular weight is 196 g/mol. The molecule has 0 spiro atoms. The van der Waals surface area contributed by atoms with Gasteiger partial charge in [-0.2, -0.15) is 0 Å². The highest BCUT2D eigenvalue weighted by Gasteiger charge is 2.18. The molecule has 1 aromatic carbocycles. The largest absolute Gasteiger partial charge is 0.508 e. The second kappa shape index (κ2) is 4.00. The van der Waals surface area contributed by atoms with Crippen molar-refractivity contribution in [2.24, 2.45) is 0 Å². The normalized spacial score (nSPS) is 9.86. The lowest BCUT2D eigenvalue weighted by molar-refractivity contribution is 0.0595. The van der Waals surface area contributed by atoms with E-state index in [0.717, 1.165) is 0 Å². The number of carbonyl (C=O) groups is 1. The molecule has 0 heterocycles. The number of hydrogen-bond acceptors (Lipinski definition) is 4. The Morgan fingerprint density at radius 3 is 2.43 bits per heavy atom. The number of phenols is 2. The van der Waals surface area contributed by atoms with Crippen molar-refractivity contribution in [1.82, 2.24) is 0 Å². The van der Waals surface area contributed by atoms with Gasteiger partial charge in [-0.1, -0.05) is 6.92 Å². The third-order valence-electron chi connectivity index (χ3n) is 2.01. The zero-order chi connectivity index (χ0) is 10.7. The molecular formula is C10H12O4. The van der Waals surface area contributed by atoms with Gasteiger partial charge in [0.1, 0.15) is 17.1 Å². The Bertz CT molecular complexity index is 357. The summed E-state index contributed by atoms with van der Waals surface area (Å²) in [6, 6.07) is 2.61. The van der Waals surface area contributed by atoms with E-state index in [9.17, 15) is 15.0 Å². The van der Waals surface area contributed by atoms with Crippen molar-refractivity contribution >= 4 is 5.97 Å². The third-order valence-corrected chi connectivity index (χ3v) is 2.01. The Hall–Kier alpha value is -1.71. The van der Waals surface area contributed by atoms with Crippen molar-refractivity contribution in [3.63, 3.8) is 0 Å². The highest BCUT2D eigenvalue weighted by Crippen LogP contribution is 2.29. The van der Waals surface area contributed by atoms with E-state index in [2.05, 4.69) is 4.74 Å². The zero-order valence-corrected chi connectivity index (χ0v) is 8.07. The molecule has 2 N–H and O–H groups in total. The molecule has 0 atom stereocenters. The van der Waals surface area contributed by atoms with Crippen LogP contribution < -0.4 is 0 Å². The molecule has 0 saturated heterocycles. The number of ether oxygens (including phenoxy) is 1. The highest BCUT2D eigenvalue weighted by molar-refractivity contribution is 5.94. The van der Waals surface area contributed by atoms with E-state index in [1.165, 1.54) is 19.2 Å². The minimum absolute atomic E-state index is 0.00861. The minimum Gasteiger partial charge on any atom is -0.508 e. The van der Waals surface area contributed by atoms with Crippen LogP contribution in [0.5, 0.6) is 11.5 Å². The van der Waals surface area contributed by atoms with E-state index in [1.54, 1.807) is 6.92 Å². The van der Waals surface area contributed by atoms with Gasteiger partial charge in [-0.15, -0.1) is 0 Å². The zero-order valence-electron chi connectivity index (χ0n) is 8.07. The molecule has 0 saturated carbocycles. The van der Waals surface area contributed by atoms with Crippen LogP contribution in [0.1, 0.15) is 22.8 Å². The fraction of sp³-hybridized carbons (Fsp3) is 0.300. The van der Waals surface area contributed by atoms with Gasteiger partial charge >= 0.3 is 5.97 Å². The lowest BCUT2D eigenvalue weighted by atomic mass is 10.0. The summed E-state index contributed by atoms with van der Waals surface area (Å²) >= 11 is 0. The van der Waals surface area contributed by atoms with Crippen LogP contribution in [0.4, 0.5) is 0 Å². The topological polar surface area (TPSA) is 66.8 Å². The van der Waals surface area contributed by atoms with Crippen molar-refractivity contribution in [3.8, 4) is 11.5 Å². The third kappa shape index (κ3) is 1.64. The fourth-order valence-corrected chi connectivity index (χ4v) is 1.31. The maximum atomic E-state index is 11.3. The van der Waals surface area contributed by atoms with Crippen LogP contribution in [0.15, 0.2) is 12.1 Å². The van der Waals surface area contributed by atoms with Gasteiger partial charge in [-0.25, -0.2) is 4.79 Å². The van der Waals surface area contributed by atoms with Crippen LogP contribution in [-0.2, 0) is 11.2 Å². The van der Waals surface area contributed by atoms with E-state index < -0.39 is 5.97 Å². The summed E-state index contributed by atoms with van der Waals surface area (Å²) in [5.41, 5.74) is 0.437. The molecule has 1 aromatic rings. The molecule has 14 heavy (non-hydrogen) atoms. The van der Waals surface area contributed by atoms with Crippen molar-refractivity contribution in [2.75, 3.05) is 7.11 Å². The smallest absolute Gasteiger partial charge is 0.342 e. The standard InChI is InChI=1S/C10H12O4/c1-3-6-7(11)4-5-8(12)9(6)10(13)14-2/h4-5,11-12H,3H2,1-2H3. The molecule has 0 unspecified atom stereocenters. The summed E-state index contributed by atoms with van der Waals surface area (Å²) in [7, 11) is 1.23. The van der Waals surface area contributed by atoms with Crippen LogP contribution in [0, 0.1) is 0 Å². The van der Waals surface area contributed by atoms with Crippen LogP contribution in [0.2, 0.25) is 0 Å². The van der Waals surface area contributed by atoms with Crippen LogP contribution in [-0.4, -0.2) is 23.3 Å². The Morgan fingerprint density at radius 1 is 1.36 bits per heavy atom. The second-order valence-corrected chi connectivity index (χ2v) is 2.80. The molecule has 0 aliphatic heterocycles. The maximum absolute atomic E-state index is 11.3. The molecule has 0 bridgehead atoms. The van der Waals surface area contributed by atoms with Gasteiger partial charge in [-0.05, 0) is 18.6 Å². The minimum atomic E-state index is -0.643. The summed E-state index contributed by atoms with van der Waals surface area (Å²) < 4.78 is 4.50. The molecule has 4 heteroatoms. The first-order chi connectivity index (χ1) is 6.61. The number of rotatable bonds is 2. The quantitative estimate of drug-likeness (QED) is 0.555. The number of esters is 1.